The van der Waals surface area contributed by atoms with Crippen LogP contribution in [0.4, 0.5) is 22.0 Å². The van der Waals surface area contributed by atoms with Gasteiger partial charge in [-0.05, 0) is 61.3 Å². The Bertz CT molecular complexity index is 887. The molecule has 0 aromatic rings. The predicted octanol–water partition coefficient (Wildman–Crippen LogP) is 6.42. The molecule has 3 saturated carbocycles. The normalized spacial score (nSPS) is 47.8. The summed E-state index contributed by atoms with van der Waals surface area (Å²) in [6.45, 7) is 7.17. The SMILES string of the molecule is CC1(C)COC2(CCC34OC3(CCC3C4=CCC4(C)C3CCC4C(F)(F)C(F)(F)F)C2)OC1. The molecule has 2 aliphatic heterocycles. The van der Waals surface area contributed by atoms with Gasteiger partial charge in [0.15, 0.2) is 5.79 Å². The van der Waals surface area contributed by atoms with Crippen molar-refractivity contribution in [3.63, 3.8) is 0 Å². The Morgan fingerprint density at radius 3 is 2.27 bits per heavy atom. The maximum atomic E-state index is 14.5. The van der Waals surface area contributed by atoms with E-state index in [2.05, 4.69) is 13.8 Å². The first kappa shape index (κ1) is 22.7. The lowest BCUT2D eigenvalue weighted by molar-refractivity contribution is -0.315. The van der Waals surface area contributed by atoms with Crippen molar-refractivity contribution in [2.45, 2.75) is 101 Å². The van der Waals surface area contributed by atoms with Gasteiger partial charge in [-0.1, -0.05) is 26.8 Å². The second kappa shape index (κ2) is 6.33. The molecule has 5 fully saturated rings. The smallest absolute Gasteiger partial charge is 0.358 e. The lowest BCUT2D eigenvalue weighted by atomic mass is 9.53. The van der Waals surface area contributed by atoms with Crippen LogP contribution in [0.25, 0.3) is 0 Å². The first-order valence-corrected chi connectivity index (χ1v) is 12.3. The molecule has 0 bridgehead atoms. The molecule has 2 heterocycles. The Labute approximate surface area is 191 Å². The number of allylic oxidation sites excluding steroid dienone is 1. The van der Waals surface area contributed by atoms with E-state index < -0.39 is 34.8 Å². The van der Waals surface area contributed by atoms with Crippen molar-refractivity contribution >= 4 is 0 Å². The Morgan fingerprint density at radius 1 is 0.909 bits per heavy atom. The maximum absolute atomic E-state index is 14.5. The lowest BCUT2D eigenvalue weighted by Gasteiger charge is -2.52. The minimum Gasteiger partial charge on any atom is -0.358 e. The molecule has 0 aromatic carbocycles. The molecule has 186 valence electrons. The fourth-order valence-electron chi connectivity index (χ4n) is 8.37. The Morgan fingerprint density at radius 2 is 1.61 bits per heavy atom. The number of hydrogen-bond donors (Lipinski definition) is 0. The zero-order chi connectivity index (χ0) is 23.7. The summed E-state index contributed by atoms with van der Waals surface area (Å²) in [4.78, 5) is 0. The highest BCUT2D eigenvalue weighted by atomic mass is 19.4. The van der Waals surface area contributed by atoms with Gasteiger partial charge in [0.2, 0.25) is 0 Å². The molecule has 6 rings (SSSR count). The molecule has 4 aliphatic carbocycles. The molecule has 1 spiro atoms. The van der Waals surface area contributed by atoms with Crippen LogP contribution in [0.15, 0.2) is 11.6 Å². The van der Waals surface area contributed by atoms with E-state index in [4.69, 9.17) is 14.2 Å². The summed E-state index contributed by atoms with van der Waals surface area (Å²) in [5.74, 6) is -7.09. The number of halogens is 5. The topological polar surface area (TPSA) is 31.0 Å². The Hall–Kier alpha value is -0.730. The molecule has 6 unspecified atom stereocenters. The first-order valence-electron chi connectivity index (χ1n) is 12.3. The van der Waals surface area contributed by atoms with Crippen molar-refractivity contribution in [1.29, 1.82) is 0 Å². The van der Waals surface area contributed by atoms with Gasteiger partial charge in [-0.3, -0.25) is 0 Å². The summed E-state index contributed by atoms with van der Waals surface area (Å²) >= 11 is 0. The van der Waals surface area contributed by atoms with Crippen molar-refractivity contribution in [2.75, 3.05) is 13.2 Å². The van der Waals surface area contributed by atoms with Gasteiger partial charge < -0.3 is 14.2 Å². The number of fused-ring (bicyclic) bond motifs is 3. The minimum absolute atomic E-state index is 0.0205. The number of epoxide rings is 1. The van der Waals surface area contributed by atoms with E-state index in [0.717, 1.165) is 24.8 Å². The van der Waals surface area contributed by atoms with Gasteiger partial charge in [0, 0.05) is 24.2 Å². The van der Waals surface area contributed by atoms with Crippen LogP contribution in [0, 0.1) is 28.6 Å². The van der Waals surface area contributed by atoms with E-state index >= 15 is 0 Å². The molecule has 8 heteroatoms. The number of rotatable bonds is 1. The van der Waals surface area contributed by atoms with E-state index in [1.165, 1.54) is 0 Å². The zero-order valence-corrected chi connectivity index (χ0v) is 19.5. The number of ether oxygens (including phenoxy) is 3. The highest BCUT2D eigenvalue weighted by Gasteiger charge is 2.80. The highest BCUT2D eigenvalue weighted by molar-refractivity contribution is 5.43. The van der Waals surface area contributed by atoms with Crippen molar-refractivity contribution in [1.82, 2.24) is 0 Å². The van der Waals surface area contributed by atoms with Crippen LogP contribution in [-0.4, -0.2) is 42.3 Å². The molecule has 3 nitrogen and oxygen atoms in total. The fraction of sp³-hybridized carbons (Fsp3) is 0.920. The molecule has 0 N–H and O–H groups in total. The first-order chi connectivity index (χ1) is 15.2. The van der Waals surface area contributed by atoms with Gasteiger partial charge in [0.25, 0.3) is 0 Å². The predicted molar refractivity (Wildman–Crippen MR) is 110 cm³/mol. The van der Waals surface area contributed by atoms with Crippen LogP contribution in [0.3, 0.4) is 0 Å². The third kappa shape index (κ3) is 2.83. The number of alkyl halides is 5. The molecule has 2 saturated heterocycles. The number of hydrogen-bond acceptors (Lipinski definition) is 3. The summed E-state index contributed by atoms with van der Waals surface area (Å²) < 4.78 is 87.8. The molecular weight excluding hydrogens is 443 g/mol. The Kier molecular flexibility index (Phi) is 4.36. The van der Waals surface area contributed by atoms with E-state index in [9.17, 15) is 22.0 Å². The zero-order valence-electron chi connectivity index (χ0n) is 19.5. The van der Waals surface area contributed by atoms with Crippen LogP contribution in [0.1, 0.15) is 72.1 Å². The van der Waals surface area contributed by atoms with Crippen LogP contribution in [0.2, 0.25) is 0 Å². The highest BCUT2D eigenvalue weighted by Crippen LogP contribution is 2.74. The van der Waals surface area contributed by atoms with Gasteiger partial charge in [0.1, 0.15) is 11.2 Å². The van der Waals surface area contributed by atoms with E-state index in [0.29, 0.717) is 32.5 Å². The average Bonchev–Trinajstić information content (AvgIpc) is 3.27. The molecule has 0 radical (unpaired) electrons. The summed E-state index contributed by atoms with van der Waals surface area (Å²) in [5.41, 5.74) is -0.662. The third-order valence-corrected chi connectivity index (χ3v) is 10.1. The maximum Gasteiger partial charge on any atom is 0.453 e. The van der Waals surface area contributed by atoms with Crippen molar-refractivity contribution in [3.8, 4) is 0 Å². The second-order valence-corrected chi connectivity index (χ2v) is 12.6. The molecule has 0 amide bonds. The summed E-state index contributed by atoms with van der Waals surface area (Å²) in [7, 11) is 0. The Balaban J connectivity index is 1.27. The van der Waals surface area contributed by atoms with E-state index in [1.807, 2.05) is 6.08 Å². The standard InChI is InChI=1S/C25H33F5O3/c1-19(2)13-31-22(32-14-19)10-11-23-17-7-8-20(3)16(15(17)6-9-21(23,12-22)33-23)4-5-18(20)24(26,27)25(28,29)30/h7,15-16,18H,4-6,8-14H2,1-3H3. The third-order valence-electron chi connectivity index (χ3n) is 10.1. The van der Waals surface area contributed by atoms with Crippen LogP contribution in [0.5, 0.6) is 0 Å². The van der Waals surface area contributed by atoms with Gasteiger partial charge in [-0.2, -0.15) is 22.0 Å². The molecule has 6 aliphatic rings. The minimum atomic E-state index is -5.51. The quantitative estimate of drug-likeness (QED) is 0.249. The van der Waals surface area contributed by atoms with Crippen LogP contribution in [-0.2, 0) is 14.2 Å². The average molecular weight is 477 g/mol. The summed E-state index contributed by atoms with van der Waals surface area (Å²) in [6.07, 6.45) is 0.743. The van der Waals surface area contributed by atoms with E-state index in [1.54, 1.807) is 6.92 Å². The van der Waals surface area contributed by atoms with Crippen molar-refractivity contribution < 1.29 is 36.2 Å². The lowest BCUT2D eigenvalue weighted by Crippen LogP contribution is -2.57. The summed E-state index contributed by atoms with van der Waals surface area (Å²) in [5, 5.41) is 0. The molecule has 0 aromatic heterocycles. The monoisotopic (exact) mass is 476 g/mol. The van der Waals surface area contributed by atoms with Crippen LogP contribution >= 0.6 is 0 Å². The fourth-order valence-corrected chi connectivity index (χ4v) is 8.37. The van der Waals surface area contributed by atoms with Gasteiger partial charge in [0.05, 0.1) is 13.2 Å². The largest absolute Gasteiger partial charge is 0.453 e. The van der Waals surface area contributed by atoms with Crippen molar-refractivity contribution in [3.05, 3.63) is 11.6 Å². The molecule has 6 atom stereocenters. The van der Waals surface area contributed by atoms with Gasteiger partial charge >= 0.3 is 12.1 Å². The van der Waals surface area contributed by atoms with Gasteiger partial charge in [-0.15, -0.1) is 0 Å². The van der Waals surface area contributed by atoms with E-state index in [-0.39, 0.29) is 35.7 Å². The van der Waals surface area contributed by atoms with Crippen LogP contribution < -0.4 is 0 Å². The summed E-state index contributed by atoms with van der Waals surface area (Å²) in [6, 6.07) is 0. The molecular formula is C25H33F5O3. The van der Waals surface area contributed by atoms with Crippen molar-refractivity contribution in [2.24, 2.45) is 28.6 Å². The second-order valence-electron chi connectivity index (χ2n) is 12.6. The van der Waals surface area contributed by atoms with Gasteiger partial charge in [-0.25, -0.2) is 0 Å². The molecule has 33 heavy (non-hydrogen) atoms.